The van der Waals surface area contributed by atoms with E-state index in [4.69, 9.17) is 10.5 Å². The van der Waals surface area contributed by atoms with Gasteiger partial charge in [0.1, 0.15) is 0 Å². The summed E-state index contributed by atoms with van der Waals surface area (Å²) in [5, 5.41) is 0. The molecule has 1 atom stereocenters. The van der Waals surface area contributed by atoms with Crippen molar-refractivity contribution >= 4 is 0 Å². The van der Waals surface area contributed by atoms with Gasteiger partial charge in [-0.25, -0.2) is 0 Å². The number of ether oxygens (including phenoxy) is 1. The van der Waals surface area contributed by atoms with Crippen molar-refractivity contribution in [2.24, 2.45) is 11.1 Å². The van der Waals surface area contributed by atoms with Crippen LogP contribution in [0.5, 0.6) is 0 Å². The van der Waals surface area contributed by atoms with E-state index >= 15 is 0 Å². The number of nitrogens with two attached hydrogens (primary N) is 1. The topological polar surface area (TPSA) is 35.2 Å². The average Bonchev–Trinajstić information content (AvgIpc) is 1.95. The maximum Gasteiger partial charge on any atom is 0.0754 e. The Morgan fingerprint density at radius 1 is 1.42 bits per heavy atom. The fraction of sp³-hybridized carbons (Fsp3) is 1.00. The van der Waals surface area contributed by atoms with Gasteiger partial charge in [-0.2, -0.15) is 0 Å². The van der Waals surface area contributed by atoms with Gasteiger partial charge in [0, 0.05) is 6.54 Å². The zero-order valence-corrected chi connectivity index (χ0v) is 8.47. The standard InChI is InChI=1S/C10H21NO/c1-8(2)12-9(7-11)10(3)5-4-6-10/h8-9H,4-7,11H2,1-3H3. The summed E-state index contributed by atoms with van der Waals surface area (Å²) in [5.74, 6) is 0. The summed E-state index contributed by atoms with van der Waals surface area (Å²) in [6.45, 7) is 7.10. The largest absolute Gasteiger partial charge is 0.374 e. The molecule has 0 aromatic rings. The van der Waals surface area contributed by atoms with Gasteiger partial charge < -0.3 is 10.5 Å². The van der Waals surface area contributed by atoms with Crippen molar-refractivity contribution in [1.29, 1.82) is 0 Å². The molecule has 1 fully saturated rings. The fourth-order valence-corrected chi connectivity index (χ4v) is 1.89. The predicted molar refractivity (Wildman–Crippen MR) is 51.0 cm³/mol. The summed E-state index contributed by atoms with van der Waals surface area (Å²) in [5.41, 5.74) is 6.07. The maximum absolute atomic E-state index is 5.78. The Kier molecular flexibility index (Phi) is 3.13. The van der Waals surface area contributed by atoms with Gasteiger partial charge in [-0.1, -0.05) is 13.3 Å². The van der Waals surface area contributed by atoms with E-state index in [0.29, 0.717) is 18.1 Å². The van der Waals surface area contributed by atoms with E-state index in [1.165, 1.54) is 19.3 Å². The van der Waals surface area contributed by atoms with E-state index in [0.717, 1.165) is 0 Å². The molecule has 0 amide bonds. The fourth-order valence-electron chi connectivity index (χ4n) is 1.89. The highest BCUT2D eigenvalue weighted by Crippen LogP contribution is 2.44. The summed E-state index contributed by atoms with van der Waals surface area (Å²) >= 11 is 0. The van der Waals surface area contributed by atoms with Crippen molar-refractivity contribution in [3.05, 3.63) is 0 Å². The molecule has 0 bridgehead atoms. The van der Waals surface area contributed by atoms with Crippen molar-refractivity contribution in [3.63, 3.8) is 0 Å². The minimum atomic E-state index is 0.270. The van der Waals surface area contributed by atoms with Crippen LogP contribution in [0.2, 0.25) is 0 Å². The van der Waals surface area contributed by atoms with Gasteiger partial charge in [-0.05, 0) is 32.1 Å². The lowest BCUT2D eigenvalue weighted by atomic mass is 9.66. The van der Waals surface area contributed by atoms with Crippen molar-refractivity contribution in [2.45, 2.75) is 52.2 Å². The molecule has 0 saturated heterocycles. The second-order valence-corrected chi connectivity index (χ2v) is 4.42. The van der Waals surface area contributed by atoms with Crippen LogP contribution >= 0.6 is 0 Å². The van der Waals surface area contributed by atoms with Crippen molar-refractivity contribution in [3.8, 4) is 0 Å². The summed E-state index contributed by atoms with van der Waals surface area (Å²) < 4.78 is 5.78. The Balaban J connectivity index is 2.43. The van der Waals surface area contributed by atoms with Gasteiger partial charge in [0.05, 0.1) is 12.2 Å². The van der Waals surface area contributed by atoms with Gasteiger partial charge in [0.2, 0.25) is 0 Å². The molecule has 12 heavy (non-hydrogen) atoms. The Hall–Kier alpha value is -0.0800. The molecular weight excluding hydrogens is 150 g/mol. The highest BCUT2D eigenvalue weighted by molar-refractivity contribution is 4.91. The molecule has 2 N–H and O–H groups in total. The van der Waals surface area contributed by atoms with E-state index < -0.39 is 0 Å². The van der Waals surface area contributed by atoms with E-state index in [1.54, 1.807) is 0 Å². The minimum absolute atomic E-state index is 0.270. The monoisotopic (exact) mass is 171 g/mol. The first-order chi connectivity index (χ1) is 5.58. The van der Waals surface area contributed by atoms with Gasteiger partial charge in [-0.15, -0.1) is 0 Å². The highest BCUT2D eigenvalue weighted by atomic mass is 16.5. The minimum Gasteiger partial charge on any atom is -0.374 e. The normalized spacial score (nSPS) is 23.8. The quantitative estimate of drug-likeness (QED) is 0.701. The van der Waals surface area contributed by atoms with Crippen molar-refractivity contribution in [2.75, 3.05) is 6.54 Å². The van der Waals surface area contributed by atoms with Crippen LogP contribution in [0, 0.1) is 5.41 Å². The highest BCUT2D eigenvalue weighted by Gasteiger charge is 2.39. The lowest BCUT2D eigenvalue weighted by Crippen LogP contribution is -2.45. The molecule has 0 radical (unpaired) electrons. The molecule has 2 heteroatoms. The summed E-state index contributed by atoms with van der Waals surface area (Å²) in [7, 11) is 0. The third-order valence-electron chi connectivity index (χ3n) is 2.92. The molecule has 1 aliphatic carbocycles. The summed E-state index contributed by atoms with van der Waals surface area (Å²) in [4.78, 5) is 0. The number of hydrogen-bond acceptors (Lipinski definition) is 2. The van der Waals surface area contributed by atoms with Crippen LogP contribution in [-0.2, 0) is 4.74 Å². The molecule has 0 aliphatic heterocycles. The second kappa shape index (κ2) is 3.75. The first-order valence-electron chi connectivity index (χ1n) is 4.94. The lowest BCUT2D eigenvalue weighted by molar-refractivity contribution is -0.0906. The molecule has 1 aliphatic rings. The van der Waals surface area contributed by atoms with Crippen LogP contribution in [0.3, 0.4) is 0 Å². The molecular formula is C10H21NO. The molecule has 0 heterocycles. The Labute approximate surface area is 75.5 Å². The van der Waals surface area contributed by atoms with Crippen LogP contribution in [0.15, 0.2) is 0 Å². The van der Waals surface area contributed by atoms with Crippen molar-refractivity contribution < 1.29 is 4.74 Å². The first-order valence-corrected chi connectivity index (χ1v) is 4.94. The third kappa shape index (κ3) is 1.99. The third-order valence-corrected chi connectivity index (χ3v) is 2.92. The van der Waals surface area contributed by atoms with E-state index in [-0.39, 0.29) is 6.10 Å². The summed E-state index contributed by atoms with van der Waals surface area (Å²) in [6, 6.07) is 0. The number of hydrogen-bond donors (Lipinski definition) is 1. The first kappa shape index (κ1) is 10.0. The molecule has 1 rings (SSSR count). The Morgan fingerprint density at radius 2 is 2.00 bits per heavy atom. The van der Waals surface area contributed by atoms with Crippen LogP contribution in [-0.4, -0.2) is 18.8 Å². The van der Waals surface area contributed by atoms with E-state index in [1.807, 2.05) is 0 Å². The zero-order chi connectivity index (χ0) is 9.19. The van der Waals surface area contributed by atoms with Gasteiger partial charge >= 0.3 is 0 Å². The maximum atomic E-state index is 5.78. The zero-order valence-electron chi connectivity index (χ0n) is 8.47. The predicted octanol–water partition coefficient (Wildman–Crippen LogP) is 1.93. The lowest BCUT2D eigenvalue weighted by Gasteiger charge is -2.44. The molecule has 72 valence electrons. The van der Waals surface area contributed by atoms with Crippen molar-refractivity contribution in [1.82, 2.24) is 0 Å². The molecule has 1 unspecified atom stereocenters. The number of rotatable bonds is 4. The second-order valence-electron chi connectivity index (χ2n) is 4.42. The molecule has 0 aromatic heterocycles. The van der Waals surface area contributed by atoms with Gasteiger partial charge in [0.15, 0.2) is 0 Å². The molecule has 0 aromatic carbocycles. The molecule has 1 saturated carbocycles. The van der Waals surface area contributed by atoms with Gasteiger partial charge in [-0.3, -0.25) is 0 Å². The van der Waals surface area contributed by atoms with Crippen LogP contribution < -0.4 is 5.73 Å². The van der Waals surface area contributed by atoms with Crippen LogP contribution in [0.1, 0.15) is 40.0 Å². The van der Waals surface area contributed by atoms with Gasteiger partial charge in [0.25, 0.3) is 0 Å². The Bertz CT molecular complexity index is 141. The SMILES string of the molecule is CC(C)OC(CN)C1(C)CCC1. The smallest absolute Gasteiger partial charge is 0.0754 e. The molecule has 2 nitrogen and oxygen atoms in total. The van der Waals surface area contributed by atoms with Crippen LogP contribution in [0.25, 0.3) is 0 Å². The Morgan fingerprint density at radius 3 is 2.25 bits per heavy atom. The van der Waals surface area contributed by atoms with Crippen LogP contribution in [0.4, 0.5) is 0 Å². The summed E-state index contributed by atoms with van der Waals surface area (Å²) in [6.07, 6.45) is 4.47. The average molecular weight is 171 g/mol. The van der Waals surface area contributed by atoms with E-state index in [9.17, 15) is 0 Å². The molecule has 0 spiro atoms. The van der Waals surface area contributed by atoms with E-state index in [2.05, 4.69) is 20.8 Å².